The molecule has 0 aliphatic heterocycles. The molecule has 2 unspecified atom stereocenters. The third-order valence-electron chi connectivity index (χ3n) is 5.69. The summed E-state index contributed by atoms with van der Waals surface area (Å²) in [7, 11) is -2.80. The summed E-state index contributed by atoms with van der Waals surface area (Å²) in [6.07, 6.45) is 2.30. The van der Waals surface area contributed by atoms with E-state index in [1.807, 2.05) is 36.4 Å². The highest BCUT2D eigenvalue weighted by molar-refractivity contribution is 7.94. The Balaban J connectivity index is 1.41. The summed E-state index contributed by atoms with van der Waals surface area (Å²) in [5.41, 5.74) is 5.22. The number of hydrogen-bond donors (Lipinski definition) is 1. The van der Waals surface area contributed by atoms with Crippen LogP contribution in [0.3, 0.4) is 0 Å². The summed E-state index contributed by atoms with van der Waals surface area (Å²) in [6, 6.07) is 19.5. The Labute approximate surface area is 203 Å². The van der Waals surface area contributed by atoms with Gasteiger partial charge >= 0.3 is 6.09 Å². The first-order chi connectivity index (χ1) is 15.8. The zero-order chi connectivity index (χ0) is 23.6. The molecule has 2 atom stereocenters. The minimum absolute atomic E-state index is 0.0681. The second kappa shape index (κ2) is 9.59. The average Bonchev–Trinajstić information content (AvgIpc) is 3.11. The van der Waals surface area contributed by atoms with E-state index >= 15 is 0 Å². The molecule has 1 aromatic heterocycles. The minimum Gasteiger partial charge on any atom is -0.448 e. The van der Waals surface area contributed by atoms with Gasteiger partial charge < -0.3 is 4.74 Å². The molecule has 0 saturated carbocycles. The van der Waals surface area contributed by atoms with Crippen LogP contribution in [0.1, 0.15) is 34.8 Å². The molecular weight excluding hydrogens is 478 g/mol. The number of fused-ring (bicyclic) bond motifs is 3. The van der Waals surface area contributed by atoms with Gasteiger partial charge in [0.25, 0.3) is 0 Å². The van der Waals surface area contributed by atoms with E-state index in [-0.39, 0.29) is 17.6 Å². The second-order valence-electron chi connectivity index (χ2n) is 7.76. The van der Waals surface area contributed by atoms with Crippen molar-refractivity contribution >= 4 is 44.8 Å². The van der Waals surface area contributed by atoms with Crippen molar-refractivity contribution in [1.29, 1.82) is 0 Å². The Morgan fingerprint density at radius 3 is 2.33 bits per heavy atom. The summed E-state index contributed by atoms with van der Waals surface area (Å²) in [5.74, 6) is -0.0681. The summed E-state index contributed by atoms with van der Waals surface area (Å²) in [4.78, 5) is 16.4. The van der Waals surface area contributed by atoms with Gasteiger partial charge in [-0.2, -0.15) is 4.36 Å². The molecule has 1 heterocycles. The van der Waals surface area contributed by atoms with Gasteiger partial charge in [0.1, 0.15) is 11.8 Å². The molecule has 4 rings (SSSR count). The molecular formula is C24H22ClN3O3S2. The van der Waals surface area contributed by atoms with Crippen LogP contribution in [0, 0.1) is 0 Å². The number of nitrogens with zero attached hydrogens (tertiary/aromatic N) is 2. The molecule has 0 bridgehead atoms. The Hall–Kier alpha value is -2.81. The minimum atomic E-state index is -2.80. The molecule has 1 aliphatic carbocycles. The lowest BCUT2D eigenvalue weighted by atomic mass is 9.98. The number of nitrogens with one attached hydrogen (secondary N) is 1. The fraction of sp³-hybridized carbons (Fsp3) is 0.208. The number of halogens is 1. The first kappa shape index (κ1) is 23.4. The van der Waals surface area contributed by atoms with Crippen molar-refractivity contribution in [2.45, 2.75) is 18.1 Å². The van der Waals surface area contributed by atoms with Gasteiger partial charge in [-0.05, 0) is 53.0 Å². The van der Waals surface area contributed by atoms with E-state index in [1.54, 1.807) is 25.3 Å². The van der Waals surface area contributed by atoms with Crippen LogP contribution in [-0.4, -0.2) is 33.3 Å². The molecule has 1 aliphatic rings. The molecule has 1 amide bonds. The number of ether oxygens (including phenoxy) is 1. The van der Waals surface area contributed by atoms with E-state index in [0.29, 0.717) is 10.7 Å². The fourth-order valence-electron chi connectivity index (χ4n) is 3.87. The standard InChI is InChI=1S/C24H22ClN3O3S2/c1-15(16-11-12-22(25)26-13-16)33(2,30)28-23(32)27-24(29)31-14-21-19-9-5-3-7-17(19)18-8-4-6-10-20(18)21/h3-13,15,21H,14H2,1-2H3,(H,27,29,32). The average molecular weight is 500 g/mol. The van der Waals surface area contributed by atoms with Crippen molar-refractivity contribution in [1.82, 2.24) is 10.3 Å². The van der Waals surface area contributed by atoms with Crippen molar-refractivity contribution in [3.8, 4) is 11.1 Å². The summed E-state index contributed by atoms with van der Waals surface area (Å²) in [5, 5.41) is 2.10. The maximum atomic E-state index is 13.1. The zero-order valence-corrected chi connectivity index (χ0v) is 20.4. The van der Waals surface area contributed by atoms with Gasteiger partial charge in [0.05, 0.1) is 15.0 Å². The van der Waals surface area contributed by atoms with E-state index in [9.17, 15) is 9.00 Å². The Morgan fingerprint density at radius 2 is 1.76 bits per heavy atom. The maximum absolute atomic E-state index is 13.1. The lowest BCUT2D eigenvalue weighted by molar-refractivity contribution is 0.148. The van der Waals surface area contributed by atoms with Crippen molar-refractivity contribution in [2.75, 3.05) is 12.9 Å². The molecule has 170 valence electrons. The quantitative estimate of drug-likeness (QED) is 0.367. The highest BCUT2D eigenvalue weighted by Gasteiger charge is 2.29. The van der Waals surface area contributed by atoms with Gasteiger partial charge in [-0.1, -0.05) is 66.2 Å². The highest BCUT2D eigenvalue weighted by atomic mass is 35.5. The number of thiocarbonyl (C=S) groups is 1. The molecule has 6 nitrogen and oxygen atoms in total. The normalized spacial score (nSPS) is 15.0. The predicted molar refractivity (Wildman–Crippen MR) is 135 cm³/mol. The number of carbonyl (C=O) groups is 1. The van der Waals surface area contributed by atoms with Gasteiger partial charge in [-0.25, -0.2) is 14.0 Å². The molecule has 3 aromatic rings. The third kappa shape index (κ3) is 5.08. The van der Waals surface area contributed by atoms with E-state index in [1.165, 1.54) is 6.26 Å². The van der Waals surface area contributed by atoms with Crippen LogP contribution in [0.2, 0.25) is 5.15 Å². The zero-order valence-electron chi connectivity index (χ0n) is 18.0. The van der Waals surface area contributed by atoms with Crippen LogP contribution in [0.5, 0.6) is 0 Å². The number of benzene rings is 2. The van der Waals surface area contributed by atoms with Crippen molar-refractivity contribution in [3.63, 3.8) is 0 Å². The van der Waals surface area contributed by atoms with Gasteiger partial charge in [-0.15, -0.1) is 0 Å². The number of carbonyl (C=O) groups excluding carboxylic acids is 1. The lowest BCUT2D eigenvalue weighted by Crippen LogP contribution is -2.30. The number of aromatic nitrogens is 1. The molecule has 0 fully saturated rings. The SMILES string of the molecule is CC(c1ccc(Cl)nc1)S(C)(=O)=NC(=S)NC(=O)OCC1c2ccccc2-c2ccccc21. The van der Waals surface area contributed by atoms with Crippen LogP contribution in [0.25, 0.3) is 11.1 Å². The summed E-state index contributed by atoms with van der Waals surface area (Å²) < 4.78 is 22.7. The van der Waals surface area contributed by atoms with Crippen LogP contribution in [-0.2, 0) is 14.5 Å². The van der Waals surface area contributed by atoms with Gasteiger partial charge in [0.15, 0.2) is 0 Å². The summed E-state index contributed by atoms with van der Waals surface area (Å²) in [6.45, 7) is 1.91. The van der Waals surface area contributed by atoms with Crippen LogP contribution >= 0.6 is 23.8 Å². The number of hydrogen-bond acceptors (Lipinski definition) is 5. The monoisotopic (exact) mass is 499 g/mol. The molecule has 0 saturated heterocycles. The van der Waals surface area contributed by atoms with Crippen molar-refractivity contribution in [3.05, 3.63) is 88.7 Å². The van der Waals surface area contributed by atoms with Crippen molar-refractivity contribution in [2.24, 2.45) is 4.36 Å². The third-order valence-corrected chi connectivity index (χ3v) is 8.35. The highest BCUT2D eigenvalue weighted by Crippen LogP contribution is 2.44. The van der Waals surface area contributed by atoms with Crippen molar-refractivity contribution < 1.29 is 13.7 Å². The summed E-state index contributed by atoms with van der Waals surface area (Å²) >= 11 is 11.0. The lowest BCUT2D eigenvalue weighted by Gasteiger charge is -2.15. The molecule has 9 heteroatoms. The first-order valence-corrected chi connectivity index (χ1v) is 13.0. The van der Waals surface area contributed by atoms with E-state index in [0.717, 1.165) is 22.3 Å². The number of amides is 1. The number of rotatable bonds is 4. The Bertz CT molecular complexity index is 1290. The first-order valence-electron chi connectivity index (χ1n) is 10.2. The fourth-order valence-corrected chi connectivity index (χ4v) is 5.69. The van der Waals surface area contributed by atoms with E-state index in [2.05, 4.69) is 26.8 Å². The number of pyridine rings is 1. The van der Waals surface area contributed by atoms with Crippen LogP contribution in [0.15, 0.2) is 71.2 Å². The predicted octanol–water partition coefficient (Wildman–Crippen LogP) is 5.72. The van der Waals surface area contributed by atoms with E-state index in [4.69, 9.17) is 28.6 Å². The molecule has 33 heavy (non-hydrogen) atoms. The molecule has 0 spiro atoms. The molecule has 2 aromatic carbocycles. The van der Waals surface area contributed by atoms with Gasteiger partial charge in [-0.3, -0.25) is 5.32 Å². The van der Waals surface area contributed by atoms with Gasteiger partial charge in [0.2, 0.25) is 5.11 Å². The maximum Gasteiger partial charge on any atom is 0.413 e. The molecule has 0 radical (unpaired) electrons. The Kier molecular flexibility index (Phi) is 6.78. The van der Waals surface area contributed by atoms with Crippen LogP contribution < -0.4 is 5.32 Å². The Morgan fingerprint density at radius 1 is 1.15 bits per heavy atom. The van der Waals surface area contributed by atoms with Gasteiger partial charge in [0, 0.05) is 18.4 Å². The van der Waals surface area contributed by atoms with E-state index < -0.39 is 21.1 Å². The van der Waals surface area contributed by atoms with Crippen LogP contribution in [0.4, 0.5) is 4.79 Å². The topological polar surface area (TPSA) is 80.7 Å². The smallest absolute Gasteiger partial charge is 0.413 e. The number of alkyl carbamates (subject to hydrolysis) is 1. The molecule has 1 N–H and O–H groups in total. The largest absolute Gasteiger partial charge is 0.448 e. The second-order valence-corrected chi connectivity index (χ2v) is 11.2.